The number of thiophene rings is 1. The maximum Gasteiger partial charge on any atom is 0.0596 e. The highest BCUT2D eigenvalue weighted by atomic mass is 32.2. The van der Waals surface area contributed by atoms with Gasteiger partial charge in [0, 0.05) is 35.0 Å². The van der Waals surface area contributed by atoms with Crippen LogP contribution in [0.5, 0.6) is 0 Å². The average Bonchev–Trinajstić information content (AvgIpc) is 2.76. The number of thioether (sulfide) groups is 1. The number of hydrogen-bond acceptors (Lipinski definition) is 4. The van der Waals surface area contributed by atoms with Gasteiger partial charge in [-0.1, -0.05) is 13.8 Å². The molecule has 3 unspecified atom stereocenters. The molecule has 0 amide bonds. The van der Waals surface area contributed by atoms with Crippen molar-refractivity contribution in [2.45, 2.75) is 44.5 Å². The van der Waals surface area contributed by atoms with Crippen LogP contribution in [0.15, 0.2) is 11.4 Å². The van der Waals surface area contributed by atoms with Gasteiger partial charge in [0.15, 0.2) is 0 Å². The molecule has 2 N–H and O–H groups in total. The Morgan fingerprint density at radius 2 is 2.33 bits per heavy atom. The van der Waals surface area contributed by atoms with E-state index in [4.69, 9.17) is 5.73 Å². The van der Waals surface area contributed by atoms with Crippen LogP contribution >= 0.6 is 23.1 Å². The van der Waals surface area contributed by atoms with Crippen molar-refractivity contribution in [3.63, 3.8) is 0 Å². The van der Waals surface area contributed by atoms with Crippen LogP contribution in [0, 0.1) is 6.92 Å². The number of hydrogen-bond donors (Lipinski definition) is 1. The van der Waals surface area contributed by atoms with Gasteiger partial charge in [-0.05, 0) is 30.4 Å². The van der Waals surface area contributed by atoms with E-state index in [9.17, 15) is 0 Å². The van der Waals surface area contributed by atoms with Crippen LogP contribution in [0.3, 0.4) is 0 Å². The second-order valence-corrected chi connectivity index (χ2v) is 7.66. The van der Waals surface area contributed by atoms with Crippen molar-refractivity contribution in [2.24, 2.45) is 5.73 Å². The highest BCUT2D eigenvalue weighted by Crippen LogP contribution is 2.34. The Balaban J connectivity index is 2.22. The van der Waals surface area contributed by atoms with Gasteiger partial charge in [0.2, 0.25) is 0 Å². The van der Waals surface area contributed by atoms with Gasteiger partial charge < -0.3 is 5.73 Å². The fraction of sp³-hybridized carbons (Fsp3) is 0.714. The van der Waals surface area contributed by atoms with Crippen LogP contribution in [0.2, 0.25) is 0 Å². The highest BCUT2D eigenvalue weighted by molar-refractivity contribution is 7.99. The SMILES string of the molecule is CCC(N)C(c1sccc1C)N1CCSC(C)C1. The Bertz CT molecular complexity index is 378. The van der Waals surface area contributed by atoms with Crippen molar-refractivity contribution in [2.75, 3.05) is 18.8 Å². The molecule has 18 heavy (non-hydrogen) atoms. The molecule has 0 bridgehead atoms. The molecular formula is C14H24N2S2. The molecule has 0 saturated carbocycles. The smallest absolute Gasteiger partial charge is 0.0596 e. The van der Waals surface area contributed by atoms with E-state index in [1.165, 1.54) is 29.3 Å². The third-order valence-electron chi connectivity index (χ3n) is 3.71. The van der Waals surface area contributed by atoms with E-state index in [-0.39, 0.29) is 6.04 Å². The zero-order valence-electron chi connectivity index (χ0n) is 11.6. The van der Waals surface area contributed by atoms with Crippen molar-refractivity contribution in [3.05, 3.63) is 21.9 Å². The first-order valence-electron chi connectivity index (χ1n) is 6.78. The van der Waals surface area contributed by atoms with Gasteiger partial charge in [-0.3, -0.25) is 4.90 Å². The summed E-state index contributed by atoms with van der Waals surface area (Å²) in [6.07, 6.45) is 1.04. The summed E-state index contributed by atoms with van der Waals surface area (Å²) in [6.45, 7) is 9.07. The first kappa shape index (κ1) is 14.4. The predicted octanol–water partition coefficient (Wildman–Crippen LogP) is 3.27. The molecule has 1 fully saturated rings. The second-order valence-electron chi connectivity index (χ2n) is 5.16. The van der Waals surface area contributed by atoms with Gasteiger partial charge in [-0.15, -0.1) is 11.3 Å². The minimum atomic E-state index is 0.248. The van der Waals surface area contributed by atoms with Gasteiger partial charge in [0.05, 0.1) is 6.04 Å². The second kappa shape index (κ2) is 6.42. The van der Waals surface area contributed by atoms with Crippen LogP contribution in [-0.4, -0.2) is 35.0 Å². The molecule has 3 atom stereocenters. The topological polar surface area (TPSA) is 29.3 Å². The fourth-order valence-corrected chi connectivity index (χ4v) is 4.81. The van der Waals surface area contributed by atoms with Gasteiger partial charge >= 0.3 is 0 Å². The summed E-state index contributed by atoms with van der Waals surface area (Å²) < 4.78 is 0. The monoisotopic (exact) mass is 284 g/mol. The van der Waals surface area contributed by atoms with E-state index in [1.807, 2.05) is 11.3 Å². The summed E-state index contributed by atoms with van der Waals surface area (Å²) in [5.41, 5.74) is 7.81. The van der Waals surface area contributed by atoms with Gasteiger partial charge in [0.1, 0.15) is 0 Å². The molecule has 4 heteroatoms. The number of rotatable bonds is 4. The molecule has 0 spiro atoms. The standard InChI is InChI=1S/C14H24N2S2/c1-4-12(15)13(14-10(2)5-7-18-14)16-6-8-17-11(3)9-16/h5,7,11-13H,4,6,8-9,15H2,1-3H3. The lowest BCUT2D eigenvalue weighted by Crippen LogP contribution is -2.46. The lowest BCUT2D eigenvalue weighted by Gasteiger charge is -2.39. The van der Waals surface area contributed by atoms with E-state index >= 15 is 0 Å². The lowest BCUT2D eigenvalue weighted by atomic mass is 10.00. The summed E-state index contributed by atoms with van der Waals surface area (Å²) in [6, 6.07) is 2.88. The molecule has 2 nitrogen and oxygen atoms in total. The van der Waals surface area contributed by atoms with Gasteiger partial charge in [0.25, 0.3) is 0 Å². The van der Waals surface area contributed by atoms with Crippen LogP contribution < -0.4 is 5.73 Å². The molecule has 0 aromatic carbocycles. The van der Waals surface area contributed by atoms with E-state index in [2.05, 4.69) is 48.9 Å². The number of nitrogens with zero attached hydrogens (tertiary/aromatic N) is 1. The number of aryl methyl sites for hydroxylation is 1. The summed E-state index contributed by atoms with van der Waals surface area (Å²) in [5, 5.41) is 2.92. The quantitative estimate of drug-likeness (QED) is 0.920. The summed E-state index contributed by atoms with van der Waals surface area (Å²) in [5.74, 6) is 1.23. The molecule has 2 heterocycles. The molecule has 2 rings (SSSR count). The van der Waals surface area contributed by atoms with Crippen molar-refractivity contribution < 1.29 is 0 Å². The Labute approximate surface area is 119 Å². The van der Waals surface area contributed by atoms with Gasteiger partial charge in [-0.25, -0.2) is 0 Å². The lowest BCUT2D eigenvalue weighted by molar-refractivity contribution is 0.179. The van der Waals surface area contributed by atoms with Crippen LogP contribution in [0.1, 0.15) is 36.8 Å². The fourth-order valence-electron chi connectivity index (χ4n) is 2.64. The molecular weight excluding hydrogens is 260 g/mol. The molecule has 0 radical (unpaired) electrons. The van der Waals surface area contributed by atoms with Crippen molar-refractivity contribution >= 4 is 23.1 Å². The van der Waals surface area contributed by atoms with E-state index in [1.54, 1.807) is 0 Å². The average molecular weight is 284 g/mol. The maximum absolute atomic E-state index is 6.41. The van der Waals surface area contributed by atoms with Crippen LogP contribution in [-0.2, 0) is 0 Å². The Kier molecular flexibility index (Phi) is 5.13. The normalized spacial score (nSPS) is 25.0. The van der Waals surface area contributed by atoms with E-state index in [0.717, 1.165) is 11.7 Å². The molecule has 0 aliphatic carbocycles. The Morgan fingerprint density at radius 1 is 1.56 bits per heavy atom. The summed E-state index contributed by atoms with van der Waals surface area (Å²) >= 11 is 3.95. The molecule has 1 aliphatic heterocycles. The first-order valence-corrected chi connectivity index (χ1v) is 8.71. The van der Waals surface area contributed by atoms with Crippen molar-refractivity contribution in [1.82, 2.24) is 4.90 Å². The predicted molar refractivity (Wildman–Crippen MR) is 83.6 cm³/mol. The van der Waals surface area contributed by atoms with Crippen molar-refractivity contribution in [3.8, 4) is 0 Å². The van der Waals surface area contributed by atoms with Crippen LogP contribution in [0.25, 0.3) is 0 Å². The molecule has 1 aromatic heterocycles. The Morgan fingerprint density at radius 3 is 2.89 bits per heavy atom. The third kappa shape index (κ3) is 3.10. The summed E-state index contributed by atoms with van der Waals surface area (Å²) in [4.78, 5) is 4.08. The molecule has 1 saturated heterocycles. The minimum Gasteiger partial charge on any atom is -0.326 e. The van der Waals surface area contributed by atoms with Crippen molar-refractivity contribution in [1.29, 1.82) is 0 Å². The van der Waals surface area contributed by atoms with E-state index in [0.29, 0.717) is 6.04 Å². The minimum absolute atomic E-state index is 0.248. The molecule has 1 aromatic rings. The van der Waals surface area contributed by atoms with Crippen LogP contribution in [0.4, 0.5) is 0 Å². The largest absolute Gasteiger partial charge is 0.326 e. The van der Waals surface area contributed by atoms with Gasteiger partial charge in [-0.2, -0.15) is 11.8 Å². The zero-order valence-corrected chi connectivity index (χ0v) is 13.2. The number of nitrogens with two attached hydrogens (primary N) is 1. The maximum atomic E-state index is 6.41. The first-order chi connectivity index (χ1) is 8.63. The highest BCUT2D eigenvalue weighted by Gasteiger charge is 2.30. The zero-order chi connectivity index (χ0) is 13.1. The van der Waals surface area contributed by atoms with E-state index < -0.39 is 0 Å². The molecule has 1 aliphatic rings. The summed E-state index contributed by atoms with van der Waals surface area (Å²) in [7, 11) is 0. The third-order valence-corrected chi connectivity index (χ3v) is 5.94. The Hall–Kier alpha value is -0.0300. The molecule has 102 valence electrons.